The molecule has 0 saturated heterocycles. The molecule has 2 rings (SSSR count). The zero-order valence-electron chi connectivity index (χ0n) is 12.2. The van der Waals surface area contributed by atoms with E-state index in [1.165, 1.54) is 11.1 Å². The monoisotopic (exact) mass is 263 g/mol. The molecule has 0 saturated carbocycles. The first kappa shape index (κ1) is 14.4. The maximum atomic E-state index is 5.90. The molecule has 0 aromatic heterocycles. The van der Waals surface area contributed by atoms with Crippen molar-refractivity contribution in [2.45, 2.75) is 38.6 Å². The van der Waals surface area contributed by atoms with Crippen LogP contribution in [-0.4, -0.2) is 32.9 Å². The van der Waals surface area contributed by atoms with Gasteiger partial charge in [-0.1, -0.05) is 25.1 Å². The number of hydrogen-bond acceptors (Lipinski definition) is 3. The highest BCUT2D eigenvalue weighted by molar-refractivity contribution is 5.45. The predicted octanol–water partition coefficient (Wildman–Crippen LogP) is 2.74. The van der Waals surface area contributed by atoms with Gasteiger partial charge in [0.1, 0.15) is 5.75 Å². The number of hydrogen-bond donors (Lipinski definition) is 1. The molecule has 3 heteroatoms. The molecule has 1 aliphatic heterocycles. The molecule has 2 unspecified atom stereocenters. The molecule has 1 aromatic rings. The predicted molar refractivity (Wildman–Crippen MR) is 78.0 cm³/mol. The minimum atomic E-state index is 0.409. The van der Waals surface area contributed by atoms with Gasteiger partial charge >= 0.3 is 0 Å². The van der Waals surface area contributed by atoms with E-state index in [1.54, 1.807) is 7.11 Å². The fourth-order valence-electron chi connectivity index (χ4n) is 2.61. The van der Waals surface area contributed by atoms with Crippen LogP contribution < -0.4 is 10.1 Å². The average molecular weight is 263 g/mol. The van der Waals surface area contributed by atoms with Crippen LogP contribution in [0.5, 0.6) is 5.75 Å². The Labute approximate surface area is 116 Å². The van der Waals surface area contributed by atoms with Crippen molar-refractivity contribution in [1.82, 2.24) is 5.32 Å². The number of aryl methyl sites for hydroxylation is 1. The van der Waals surface area contributed by atoms with Crippen LogP contribution in [0.25, 0.3) is 0 Å². The van der Waals surface area contributed by atoms with Gasteiger partial charge in [0.05, 0.1) is 13.2 Å². The quantitative estimate of drug-likeness (QED) is 0.801. The van der Waals surface area contributed by atoms with E-state index in [2.05, 4.69) is 37.4 Å². The van der Waals surface area contributed by atoms with E-state index < -0.39 is 0 Å². The summed E-state index contributed by atoms with van der Waals surface area (Å²) >= 11 is 0. The third-order valence-corrected chi connectivity index (χ3v) is 3.98. The second-order valence-electron chi connectivity index (χ2n) is 5.31. The number of rotatable bonds is 6. The first-order valence-electron chi connectivity index (χ1n) is 7.21. The van der Waals surface area contributed by atoms with Crippen LogP contribution >= 0.6 is 0 Å². The molecule has 1 aliphatic rings. The Hall–Kier alpha value is -1.06. The minimum absolute atomic E-state index is 0.409. The number of benzene rings is 1. The van der Waals surface area contributed by atoms with Crippen molar-refractivity contribution < 1.29 is 9.47 Å². The van der Waals surface area contributed by atoms with Crippen molar-refractivity contribution in [3.63, 3.8) is 0 Å². The van der Waals surface area contributed by atoms with E-state index in [0.717, 1.165) is 38.3 Å². The van der Waals surface area contributed by atoms with Crippen molar-refractivity contribution >= 4 is 0 Å². The number of nitrogens with one attached hydrogen (secondary N) is 1. The summed E-state index contributed by atoms with van der Waals surface area (Å²) < 4.78 is 11.0. The molecule has 0 spiro atoms. The summed E-state index contributed by atoms with van der Waals surface area (Å²) in [5, 5.41) is 3.51. The second-order valence-corrected chi connectivity index (χ2v) is 5.31. The van der Waals surface area contributed by atoms with Gasteiger partial charge in [-0.05, 0) is 36.8 Å². The Morgan fingerprint density at radius 3 is 3.00 bits per heavy atom. The molecular weight excluding hydrogens is 238 g/mol. The molecule has 1 aromatic carbocycles. The van der Waals surface area contributed by atoms with Gasteiger partial charge in [-0.25, -0.2) is 0 Å². The lowest BCUT2D eigenvalue weighted by Gasteiger charge is -2.27. The van der Waals surface area contributed by atoms with Crippen LogP contribution in [0.1, 0.15) is 37.3 Å². The third-order valence-electron chi connectivity index (χ3n) is 3.98. The first-order chi connectivity index (χ1) is 9.24. The summed E-state index contributed by atoms with van der Waals surface area (Å²) in [6.07, 6.45) is 2.27. The highest BCUT2D eigenvalue weighted by Crippen LogP contribution is 2.34. The van der Waals surface area contributed by atoms with Crippen molar-refractivity contribution in [2.75, 3.05) is 26.9 Å². The highest BCUT2D eigenvalue weighted by atomic mass is 16.5. The fraction of sp³-hybridized carbons (Fsp3) is 0.625. The SMILES string of the molecule is COCCNC(C)C(C)c1cccc2c1OCCC2. The molecule has 106 valence electrons. The average Bonchev–Trinajstić information content (AvgIpc) is 2.46. The van der Waals surface area contributed by atoms with Gasteiger partial charge in [-0.15, -0.1) is 0 Å². The molecule has 1 N–H and O–H groups in total. The summed E-state index contributed by atoms with van der Waals surface area (Å²) in [6, 6.07) is 6.95. The Kier molecular flexibility index (Phi) is 5.23. The normalized spacial score (nSPS) is 17.4. The van der Waals surface area contributed by atoms with Crippen LogP contribution in [-0.2, 0) is 11.2 Å². The molecule has 0 amide bonds. The Morgan fingerprint density at radius 2 is 2.21 bits per heavy atom. The van der Waals surface area contributed by atoms with Crippen molar-refractivity contribution in [3.8, 4) is 5.75 Å². The Balaban J connectivity index is 2.08. The Bertz CT molecular complexity index is 406. The zero-order valence-corrected chi connectivity index (χ0v) is 12.2. The molecule has 0 aliphatic carbocycles. The lowest BCUT2D eigenvalue weighted by atomic mass is 9.90. The number of para-hydroxylation sites is 1. The summed E-state index contributed by atoms with van der Waals surface area (Å²) in [4.78, 5) is 0. The van der Waals surface area contributed by atoms with Gasteiger partial charge in [0.15, 0.2) is 0 Å². The first-order valence-corrected chi connectivity index (χ1v) is 7.21. The Morgan fingerprint density at radius 1 is 1.37 bits per heavy atom. The summed E-state index contributed by atoms with van der Waals surface area (Å²) in [5.74, 6) is 1.56. The molecule has 19 heavy (non-hydrogen) atoms. The lowest BCUT2D eigenvalue weighted by Crippen LogP contribution is -2.33. The summed E-state index contributed by atoms with van der Waals surface area (Å²) in [7, 11) is 1.73. The summed E-state index contributed by atoms with van der Waals surface area (Å²) in [6.45, 7) is 6.97. The van der Waals surface area contributed by atoms with Gasteiger partial charge in [0.25, 0.3) is 0 Å². The lowest BCUT2D eigenvalue weighted by molar-refractivity contribution is 0.195. The largest absolute Gasteiger partial charge is 0.493 e. The van der Waals surface area contributed by atoms with Gasteiger partial charge < -0.3 is 14.8 Å². The fourth-order valence-corrected chi connectivity index (χ4v) is 2.61. The van der Waals surface area contributed by atoms with Crippen molar-refractivity contribution in [2.24, 2.45) is 0 Å². The van der Waals surface area contributed by atoms with Crippen LogP contribution in [0.15, 0.2) is 18.2 Å². The van der Waals surface area contributed by atoms with Gasteiger partial charge in [-0.3, -0.25) is 0 Å². The molecular formula is C16H25NO2. The van der Waals surface area contributed by atoms with E-state index in [1.807, 2.05) is 0 Å². The van der Waals surface area contributed by atoms with Gasteiger partial charge in [-0.2, -0.15) is 0 Å². The molecule has 0 bridgehead atoms. The number of methoxy groups -OCH3 is 1. The van der Waals surface area contributed by atoms with Gasteiger partial charge in [0.2, 0.25) is 0 Å². The topological polar surface area (TPSA) is 30.5 Å². The van der Waals surface area contributed by atoms with Gasteiger partial charge in [0, 0.05) is 19.7 Å². The van der Waals surface area contributed by atoms with E-state index in [9.17, 15) is 0 Å². The number of fused-ring (bicyclic) bond motifs is 1. The highest BCUT2D eigenvalue weighted by Gasteiger charge is 2.21. The molecule has 2 atom stereocenters. The standard InChI is InChI=1S/C16H25NO2/c1-12(13(2)17-9-11-18-3)15-8-4-6-14-7-5-10-19-16(14)15/h4,6,8,12-13,17H,5,7,9-11H2,1-3H3. The number of ether oxygens (including phenoxy) is 2. The van der Waals surface area contributed by atoms with Crippen molar-refractivity contribution in [1.29, 1.82) is 0 Å². The maximum absolute atomic E-state index is 5.90. The molecule has 1 heterocycles. The molecule has 3 nitrogen and oxygen atoms in total. The van der Waals surface area contributed by atoms with Crippen LogP contribution in [0.4, 0.5) is 0 Å². The molecule has 0 fully saturated rings. The van der Waals surface area contributed by atoms with E-state index >= 15 is 0 Å². The minimum Gasteiger partial charge on any atom is -0.493 e. The summed E-state index contributed by atoms with van der Waals surface area (Å²) in [5.41, 5.74) is 2.69. The van der Waals surface area contributed by atoms with E-state index in [-0.39, 0.29) is 0 Å². The maximum Gasteiger partial charge on any atom is 0.125 e. The zero-order chi connectivity index (χ0) is 13.7. The van der Waals surface area contributed by atoms with Crippen LogP contribution in [0, 0.1) is 0 Å². The van der Waals surface area contributed by atoms with E-state index in [0.29, 0.717) is 12.0 Å². The van der Waals surface area contributed by atoms with E-state index in [4.69, 9.17) is 9.47 Å². The second kappa shape index (κ2) is 6.92. The third kappa shape index (κ3) is 3.48. The molecule has 0 radical (unpaired) electrons. The van der Waals surface area contributed by atoms with Crippen LogP contribution in [0.3, 0.4) is 0 Å². The smallest absolute Gasteiger partial charge is 0.125 e. The van der Waals surface area contributed by atoms with Crippen LogP contribution in [0.2, 0.25) is 0 Å². The van der Waals surface area contributed by atoms with Crippen molar-refractivity contribution in [3.05, 3.63) is 29.3 Å².